The van der Waals surface area contributed by atoms with Gasteiger partial charge in [-0.05, 0) is 13.3 Å². The van der Waals surface area contributed by atoms with Crippen LogP contribution in [0.25, 0.3) is 27.8 Å². The molecule has 0 bridgehead atoms. The third kappa shape index (κ3) is 3.21. The molecule has 1 fully saturated rings. The molecule has 2 N–H and O–H groups in total. The first-order chi connectivity index (χ1) is 16.4. The summed E-state index contributed by atoms with van der Waals surface area (Å²) in [6.07, 6.45) is 8.37. The van der Waals surface area contributed by atoms with Gasteiger partial charge in [-0.25, -0.2) is 13.8 Å². The number of rotatable bonds is 5. The summed E-state index contributed by atoms with van der Waals surface area (Å²) in [7, 11) is 0. The maximum absolute atomic E-state index is 15.6. The molecule has 0 aliphatic heterocycles. The van der Waals surface area contributed by atoms with E-state index in [4.69, 9.17) is 11.6 Å². The molecule has 0 radical (unpaired) electrons. The van der Waals surface area contributed by atoms with Crippen molar-refractivity contribution in [3.05, 3.63) is 53.6 Å². The molecule has 3 atom stereocenters. The molecule has 1 amide bonds. The number of aromatic amines is 1. The third-order valence-electron chi connectivity index (χ3n) is 5.93. The number of aromatic nitrogens is 8. The molecule has 34 heavy (non-hydrogen) atoms. The van der Waals surface area contributed by atoms with Crippen LogP contribution in [0.3, 0.4) is 0 Å². The smallest absolute Gasteiger partial charge is 0.231 e. The van der Waals surface area contributed by atoms with Crippen LogP contribution in [0.5, 0.6) is 0 Å². The van der Waals surface area contributed by atoms with Crippen molar-refractivity contribution in [1.82, 2.24) is 39.6 Å². The van der Waals surface area contributed by atoms with E-state index in [9.17, 15) is 9.18 Å². The quantitative estimate of drug-likeness (QED) is 0.394. The van der Waals surface area contributed by atoms with Gasteiger partial charge in [0.15, 0.2) is 11.5 Å². The maximum Gasteiger partial charge on any atom is 0.231 e. The molecular formula is C21H16ClF2N9O. The number of alkyl halides is 1. The Hall–Kier alpha value is -3.93. The number of H-pyrrole nitrogens is 1. The van der Waals surface area contributed by atoms with Crippen LogP contribution in [0.1, 0.15) is 24.9 Å². The van der Waals surface area contributed by atoms with Crippen molar-refractivity contribution in [1.29, 1.82) is 0 Å². The third-order valence-corrected chi connectivity index (χ3v) is 6.28. The highest BCUT2D eigenvalue weighted by Gasteiger charge is 2.43. The van der Waals surface area contributed by atoms with Crippen molar-refractivity contribution in [3.63, 3.8) is 0 Å². The summed E-state index contributed by atoms with van der Waals surface area (Å²) in [5.74, 6) is -1.41. The molecule has 0 spiro atoms. The topological polar surface area (TPSA) is 119 Å². The lowest BCUT2D eigenvalue weighted by Crippen LogP contribution is -2.15. The first-order valence-electron chi connectivity index (χ1n) is 10.4. The predicted octanol–water partition coefficient (Wildman–Crippen LogP) is 3.56. The molecule has 13 heteroatoms. The van der Waals surface area contributed by atoms with E-state index < -0.39 is 29.9 Å². The van der Waals surface area contributed by atoms with Gasteiger partial charge in [-0.3, -0.25) is 14.9 Å². The SMILES string of the molecule is CC(c1c(F)c(Cl)c(-c2cn3cc(NC(=O)C4CC4F)nc3cn2)c2cn[nH]c12)n1nccn1. The number of anilines is 1. The number of halogens is 3. The number of fused-ring (bicyclic) bond motifs is 2. The normalized spacial score (nSPS) is 18.5. The number of hydrogen-bond acceptors (Lipinski definition) is 6. The summed E-state index contributed by atoms with van der Waals surface area (Å²) in [6, 6.07) is -0.546. The van der Waals surface area contributed by atoms with E-state index in [0.717, 1.165) is 0 Å². The summed E-state index contributed by atoms with van der Waals surface area (Å²) < 4.78 is 30.4. The monoisotopic (exact) mass is 483 g/mol. The highest BCUT2D eigenvalue weighted by Crippen LogP contribution is 2.41. The van der Waals surface area contributed by atoms with Crippen LogP contribution in [0, 0.1) is 11.7 Å². The molecule has 172 valence electrons. The Bertz CT molecular complexity index is 1560. The lowest BCUT2D eigenvalue weighted by molar-refractivity contribution is -0.117. The van der Waals surface area contributed by atoms with Crippen LogP contribution in [0.15, 0.2) is 37.2 Å². The van der Waals surface area contributed by atoms with E-state index in [-0.39, 0.29) is 22.8 Å². The Kier molecular flexibility index (Phi) is 4.59. The highest BCUT2D eigenvalue weighted by atomic mass is 35.5. The summed E-state index contributed by atoms with van der Waals surface area (Å²) in [5.41, 5.74) is 1.90. The molecule has 6 rings (SSSR count). The van der Waals surface area contributed by atoms with Crippen molar-refractivity contribution in [2.75, 3.05) is 5.32 Å². The van der Waals surface area contributed by atoms with Gasteiger partial charge in [0.1, 0.15) is 12.0 Å². The fraction of sp³-hybridized carbons (Fsp3) is 0.238. The standard InChI is InChI=1S/C21H16ClF2N9O/c1-9(33-27-2-3-28-33)16-19(24)18(22)17(11-5-26-31-20(11)16)13-7-32-8-14(29-15(32)6-25-13)30-21(34)10-4-12(10)23/h2-3,5-10,12H,4H2,1H3,(H,26,31)(H,30,34). The molecule has 1 saturated carbocycles. The van der Waals surface area contributed by atoms with Gasteiger partial charge in [0.05, 0.1) is 59.2 Å². The second-order valence-electron chi connectivity index (χ2n) is 8.11. The van der Waals surface area contributed by atoms with E-state index in [0.29, 0.717) is 27.8 Å². The van der Waals surface area contributed by atoms with E-state index in [2.05, 4.69) is 35.7 Å². The van der Waals surface area contributed by atoms with Crippen molar-refractivity contribution in [2.24, 2.45) is 5.92 Å². The highest BCUT2D eigenvalue weighted by molar-refractivity contribution is 6.35. The number of benzene rings is 1. The summed E-state index contributed by atoms with van der Waals surface area (Å²) in [4.78, 5) is 22.1. The Balaban J connectivity index is 1.43. The van der Waals surface area contributed by atoms with Gasteiger partial charge in [-0.15, -0.1) is 0 Å². The van der Waals surface area contributed by atoms with E-state index >= 15 is 4.39 Å². The number of nitrogens with one attached hydrogen (secondary N) is 2. The summed E-state index contributed by atoms with van der Waals surface area (Å²) >= 11 is 6.53. The largest absolute Gasteiger partial charge is 0.309 e. The fourth-order valence-electron chi connectivity index (χ4n) is 4.06. The maximum atomic E-state index is 15.6. The van der Waals surface area contributed by atoms with Gasteiger partial charge in [-0.1, -0.05) is 11.6 Å². The first-order valence-corrected chi connectivity index (χ1v) is 10.8. The van der Waals surface area contributed by atoms with Crippen LogP contribution in [-0.4, -0.2) is 51.6 Å². The fourth-order valence-corrected chi connectivity index (χ4v) is 4.36. The van der Waals surface area contributed by atoms with Gasteiger partial charge in [0, 0.05) is 22.7 Å². The van der Waals surface area contributed by atoms with E-state index in [1.807, 2.05) is 0 Å². The first kappa shape index (κ1) is 20.7. The molecule has 4 aromatic heterocycles. The number of hydrogen-bond donors (Lipinski definition) is 2. The Labute approximate surface area is 195 Å². The van der Waals surface area contributed by atoms with E-state index in [1.54, 1.807) is 29.9 Å². The molecule has 10 nitrogen and oxygen atoms in total. The zero-order chi connectivity index (χ0) is 23.6. The number of carbonyl (C=O) groups excluding carboxylic acids is 1. The minimum atomic E-state index is -1.10. The van der Waals surface area contributed by atoms with Crippen molar-refractivity contribution in [2.45, 2.75) is 25.6 Å². The number of nitrogens with zero attached hydrogens (tertiary/aromatic N) is 7. The van der Waals surface area contributed by atoms with Crippen LogP contribution >= 0.6 is 11.6 Å². The Morgan fingerprint density at radius 3 is 2.79 bits per heavy atom. The minimum absolute atomic E-state index is 0.119. The van der Waals surface area contributed by atoms with E-state index in [1.165, 1.54) is 23.4 Å². The minimum Gasteiger partial charge on any atom is -0.309 e. The van der Waals surface area contributed by atoms with Crippen molar-refractivity contribution in [3.8, 4) is 11.3 Å². The average Bonchev–Trinajstić information content (AvgIpc) is 3.26. The van der Waals surface area contributed by atoms with Crippen LogP contribution in [-0.2, 0) is 4.79 Å². The van der Waals surface area contributed by atoms with Gasteiger partial charge in [0.25, 0.3) is 0 Å². The van der Waals surface area contributed by atoms with Gasteiger partial charge in [0.2, 0.25) is 5.91 Å². The summed E-state index contributed by atoms with van der Waals surface area (Å²) in [5, 5.41) is 18.2. The molecular weight excluding hydrogens is 468 g/mol. The number of amides is 1. The van der Waals surface area contributed by atoms with Crippen molar-refractivity contribution < 1.29 is 13.6 Å². The molecule has 1 aliphatic carbocycles. The molecule has 3 unspecified atom stereocenters. The number of carbonyl (C=O) groups is 1. The summed E-state index contributed by atoms with van der Waals surface area (Å²) in [6.45, 7) is 1.76. The Morgan fingerprint density at radius 1 is 1.29 bits per heavy atom. The molecule has 5 aromatic rings. The Morgan fingerprint density at radius 2 is 2.06 bits per heavy atom. The van der Waals surface area contributed by atoms with Gasteiger partial charge < -0.3 is 9.72 Å². The van der Waals surface area contributed by atoms with Crippen molar-refractivity contribution >= 4 is 39.9 Å². The second-order valence-corrected chi connectivity index (χ2v) is 8.49. The molecule has 4 heterocycles. The zero-order valence-electron chi connectivity index (χ0n) is 17.6. The lowest BCUT2D eigenvalue weighted by Gasteiger charge is -2.16. The predicted molar refractivity (Wildman–Crippen MR) is 119 cm³/mol. The lowest BCUT2D eigenvalue weighted by atomic mass is 9.99. The number of imidazole rings is 1. The molecule has 1 aliphatic rings. The van der Waals surface area contributed by atoms with Crippen LogP contribution in [0.4, 0.5) is 14.6 Å². The molecule has 0 saturated heterocycles. The molecule has 1 aromatic carbocycles. The van der Waals surface area contributed by atoms with Crippen LogP contribution in [0.2, 0.25) is 5.02 Å². The van der Waals surface area contributed by atoms with Gasteiger partial charge >= 0.3 is 0 Å². The van der Waals surface area contributed by atoms with Gasteiger partial charge in [-0.2, -0.15) is 20.1 Å². The van der Waals surface area contributed by atoms with Crippen LogP contribution < -0.4 is 5.32 Å². The second kappa shape index (κ2) is 7.55. The zero-order valence-corrected chi connectivity index (χ0v) is 18.3. The average molecular weight is 484 g/mol.